The predicted molar refractivity (Wildman–Crippen MR) is 79.5 cm³/mol. The van der Waals surface area contributed by atoms with Crippen LogP contribution >= 0.6 is 11.3 Å². The van der Waals surface area contributed by atoms with Crippen LogP contribution in [-0.4, -0.2) is 31.3 Å². The molecule has 0 aromatic carbocycles. The zero-order valence-corrected chi connectivity index (χ0v) is 12.9. The van der Waals surface area contributed by atoms with Gasteiger partial charge in [0.2, 0.25) is 0 Å². The van der Waals surface area contributed by atoms with E-state index in [9.17, 15) is 13.2 Å². The second-order valence-electron chi connectivity index (χ2n) is 4.76. The van der Waals surface area contributed by atoms with E-state index in [2.05, 4.69) is 32.5 Å². The summed E-state index contributed by atoms with van der Waals surface area (Å²) in [5.74, 6) is -0.807. The van der Waals surface area contributed by atoms with Crippen LogP contribution in [0.3, 0.4) is 0 Å². The quantitative estimate of drug-likeness (QED) is 0.772. The molecule has 6 nitrogen and oxygen atoms in total. The van der Waals surface area contributed by atoms with E-state index in [-0.39, 0.29) is 5.65 Å². The Hall–Kier alpha value is -2.23. The number of thiazole rings is 1. The second-order valence-corrected chi connectivity index (χ2v) is 5.96. The Morgan fingerprint density at radius 2 is 2.09 bits per heavy atom. The van der Waals surface area contributed by atoms with Gasteiger partial charge in [-0.1, -0.05) is 6.92 Å². The molecule has 0 atom stereocenters. The molecule has 0 saturated heterocycles. The number of anilines is 1. The van der Waals surface area contributed by atoms with Gasteiger partial charge in [0, 0.05) is 24.0 Å². The third-order valence-corrected chi connectivity index (χ3v) is 4.31. The molecule has 0 bridgehead atoms. The van der Waals surface area contributed by atoms with E-state index in [4.69, 9.17) is 0 Å². The lowest BCUT2D eigenvalue weighted by atomic mass is 10.4. The SMILES string of the molecule is CCc1cnc(CCNc2ccc3nnc(C(F)(F)F)n3n2)s1. The Labute approximate surface area is 133 Å². The molecule has 0 aliphatic carbocycles. The minimum Gasteiger partial charge on any atom is -0.368 e. The van der Waals surface area contributed by atoms with Crippen LogP contribution in [-0.2, 0) is 19.0 Å². The van der Waals surface area contributed by atoms with Crippen LogP contribution in [0.15, 0.2) is 18.3 Å². The van der Waals surface area contributed by atoms with Crippen LogP contribution in [0.1, 0.15) is 22.6 Å². The fourth-order valence-corrected chi connectivity index (χ4v) is 2.85. The Bertz CT molecular complexity index is 809. The standard InChI is InChI=1S/C13H13F3N6S/c1-2-8-7-18-11(23-8)5-6-17-9-3-4-10-19-20-12(13(14,15)16)22(10)21-9/h3-4,7H,2,5-6H2,1H3,(H,17,21). The van der Waals surface area contributed by atoms with Gasteiger partial charge in [0.15, 0.2) is 5.65 Å². The molecule has 23 heavy (non-hydrogen) atoms. The summed E-state index contributed by atoms with van der Waals surface area (Å²) < 4.78 is 39.1. The Balaban J connectivity index is 1.70. The fourth-order valence-electron chi connectivity index (χ4n) is 1.98. The Morgan fingerprint density at radius 1 is 1.26 bits per heavy atom. The van der Waals surface area contributed by atoms with Gasteiger partial charge in [0.05, 0.1) is 5.01 Å². The van der Waals surface area contributed by atoms with Crippen molar-refractivity contribution in [3.8, 4) is 0 Å². The molecule has 0 amide bonds. The van der Waals surface area contributed by atoms with E-state index >= 15 is 0 Å². The highest BCUT2D eigenvalue weighted by Gasteiger charge is 2.37. The number of hydrogen-bond acceptors (Lipinski definition) is 6. The number of hydrogen-bond donors (Lipinski definition) is 1. The molecule has 0 aliphatic heterocycles. The number of aromatic nitrogens is 5. The number of aryl methyl sites for hydroxylation is 1. The molecule has 3 rings (SSSR count). The summed E-state index contributed by atoms with van der Waals surface area (Å²) in [6.45, 7) is 2.59. The minimum atomic E-state index is -4.59. The summed E-state index contributed by atoms with van der Waals surface area (Å²) in [6.07, 6.45) is -1.13. The van der Waals surface area contributed by atoms with Crippen LogP contribution in [0.5, 0.6) is 0 Å². The monoisotopic (exact) mass is 342 g/mol. The molecule has 0 aliphatic rings. The number of halogens is 3. The van der Waals surface area contributed by atoms with E-state index in [0.29, 0.717) is 23.3 Å². The average Bonchev–Trinajstić information content (AvgIpc) is 3.12. The maximum absolute atomic E-state index is 12.8. The van der Waals surface area contributed by atoms with Gasteiger partial charge in [0.1, 0.15) is 5.82 Å². The molecule has 122 valence electrons. The summed E-state index contributed by atoms with van der Waals surface area (Å²) in [7, 11) is 0. The average molecular weight is 342 g/mol. The largest absolute Gasteiger partial charge is 0.453 e. The van der Waals surface area contributed by atoms with Crippen molar-refractivity contribution in [1.29, 1.82) is 0 Å². The van der Waals surface area contributed by atoms with Gasteiger partial charge < -0.3 is 5.32 Å². The molecule has 0 saturated carbocycles. The first-order valence-electron chi connectivity index (χ1n) is 6.94. The van der Waals surface area contributed by atoms with Crippen molar-refractivity contribution in [2.24, 2.45) is 0 Å². The summed E-state index contributed by atoms with van der Waals surface area (Å²) in [6, 6.07) is 3.01. The molecule has 3 heterocycles. The van der Waals surface area contributed by atoms with E-state index in [1.807, 2.05) is 6.20 Å². The summed E-state index contributed by atoms with van der Waals surface area (Å²) in [5.41, 5.74) is 0.0513. The maximum Gasteiger partial charge on any atom is 0.453 e. The van der Waals surface area contributed by atoms with Gasteiger partial charge in [-0.05, 0) is 18.6 Å². The minimum absolute atomic E-state index is 0.0513. The topological polar surface area (TPSA) is 68.0 Å². The highest BCUT2D eigenvalue weighted by molar-refractivity contribution is 7.11. The molecule has 3 aromatic rings. The van der Waals surface area contributed by atoms with Crippen molar-refractivity contribution in [1.82, 2.24) is 24.8 Å². The summed E-state index contributed by atoms with van der Waals surface area (Å²) in [4.78, 5) is 5.50. The van der Waals surface area contributed by atoms with Crippen LogP contribution in [0.2, 0.25) is 0 Å². The molecule has 1 N–H and O–H groups in total. The van der Waals surface area contributed by atoms with Gasteiger partial charge in [-0.2, -0.15) is 17.7 Å². The van der Waals surface area contributed by atoms with Crippen LogP contribution in [0.4, 0.5) is 19.0 Å². The van der Waals surface area contributed by atoms with Crippen molar-refractivity contribution in [2.75, 3.05) is 11.9 Å². The number of alkyl halides is 3. The molecule has 0 fully saturated rings. The molecular weight excluding hydrogens is 329 g/mol. The first-order valence-corrected chi connectivity index (χ1v) is 7.76. The second kappa shape index (κ2) is 6.11. The maximum atomic E-state index is 12.8. The van der Waals surface area contributed by atoms with Gasteiger partial charge in [-0.25, -0.2) is 4.98 Å². The molecule has 3 aromatic heterocycles. The third kappa shape index (κ3) is 3.41. The molecule has 10 heteroatoms. The summed E-state index contributed by atoms with van der Waals surface area (Å²) >= 11 is 1.63. The first-order chi connectivity index (χ1) is 11.0. The van der Waals surface area contributed by atoms with Crippen molar-refractivity contribution in [3.63, 3.8) is 0 Å². The molecule has 0 spiro atoms. The van der Waals surface area contributed by atoms with E-state index in [0.717, 1.165) is 11.4 Å². The highest BCUT2D eigenvalue weighted by atomic mass is 32.1. The van der Waals surface area contributed by atoms with Gasteiger partial charge in [-0.15, -0.1) is 26.6 Å². The van der Waals surface area contributed by atoms with Crippen molar-refractivity contribution in [3.05, 3.63) is 34.0 Å². The predicted octanol–water partition coefficient (Wildman–Crippen LogP) is 2.82. The number of rotatable bonds is 5. The number of fused-ring (bicyclic) bond motifs is 1. The smallest absolute Gasteiger partial charge is 0.368 e. The Kier molecular flexibility index (Phi) is 4.16. The lowest BCUT2D eigenvalue weighted by molar-refractivity contribution is -0.146. The number of nitrogens with one attached hydrogen (secondary N) is 1. The van der Waals surface area contributed by atoms with Crippen molar-refractivity contribution in [2.45, 2.75) is 25.9 Å². The van der Waals surface area contributed by atoms with E-state index in [1.165, 1.54) is 10.9 Å². The van der Waals surface area contributed by atoms with Crippen LogP contribution in [0.25, 0.3) is 5.65 Å². The number of nitrogens with zero attached hydrogens (tertiary/aromatic N) is 5. The van der Waals surface area contributed by atoms with E-state index < -0.39 is 12.0 Å². The lowest BCUT2D eigenvalue weighted by Crippen LogP contribution is -2.14. The molecule has 0 unspecified atom stereocenters. The zero-order valence-electron chi connectivity index (χ0n) is 12.1. The molecular formula is C13H13F3N6S. The highest BCUT2D eigenvalue weighted by Crippen LogP contribution is 2.27. The van der Waals surface area contributed by atoms with Crippen molar-refractivity contribution < 1.29 is 13.2 Å². The summed E-state index contributed by atoms with van der Waals surface area (Å²) in [5, 5.41) is 14.5. The zero-order chi connectivity index (χ0) is 16.4. The Morgan fingerprint density at radius 3 is 2.78 bits per heavy atom. The normalized spacial score (nSPS) is 12.0. The van der Waals surface area contributed by atoms with E-state index in [1.54, 1.807) is 17.4 Å². The van der Waals surface area contributed by atoms with Crippen LogP contribution in [0, 0.1) is 0 Å². The van der Waals surface area contributed by atoms with Gasteiger partial charge >= 0.3 is 6.18 Å². The van der Waals surface area contributed by atoms with Crippen LogP contribution < -0.4 is 5.32 Å². The third-order valence-electron chi connectivity index (χ3n) is 3.11. The van der Waals surface area contributed by atoms with Gasteiger partial charge in [0.25, 0.3) is 5.82 Å². The van der Waals surface area contributed by atoms with Gasteiger partial charge in [-0.3, -0.25) is 0 Å². The van der Waals surface area contributed by atoms with Crippen molar-refractivity contribution >= 4 is 22.8 Å². The fraction of sp³-hybridized carbons (Fsp3) is 0.385. The molecule has 0 radical (unpaired) electrons. The lowest BCUT2D eigenvalue weighted by Gasteiger charge is -2.06. The first kappa shape index (κ1) is 15.7.